The Kier molecular flexibility index (Phi) is 28.0. The van der Waals surface area contributed by atoms with Crippen LogP contribution in [0.15, 0.2) is 358 Å². The lowest BCUT2D eigenvalue weighted by atomic mass is 10.0. The second-order valence-corrected chi connectivity index (χ2v) is 31.1. The second kappa shape index (κ2) is 42.9. The zero-order chi connectivity index (χ0) is 100. The Balaban J connectivity index is 0.000000132. The number of carbonyl (C=O) groups excluding carboxylic acids is 4. The van der Waals surface area contributed by atoms with Crippen LogP contribution in [0.2, 0.25) is 0 Å². The predicted molar refractivity (Wildman–Crippen MR) is 537 cm³/mol. The second-order valence-electron chi connectivity index (χ2n) is 31.1. The van der Waals surface area contributed by atoms with Gasteiger partial charge in [-0.05, 0) is 163 Å². The fourth-order valence-corrected chi connectivity index (χ4v) is 14.5. The van der Waals surface area contributed by atoms with Gasteiger partial charge < -0.3 is 41.7 Å². The van der Waals surface area contributed by atoms with Crippen molar-refractivity contribution in [3.05, 3.63) is 407 Å². The van der Waals surface area contributed by atoms with E-state index in [1.807, 2.05) is 119 Å². The van der Waals surface area contributed by atoms with Crippen molar-refractivity contribution >= 4 is 158 Å². The molecule has 144 heavy (non-hydrogen) atoms. The molecule has 0 saturated carbocycles. The van der Waals surface area contributed by atoms with Gasteiger partial charge in [0.15, 0.2) is 46.3 Å². The van der Waals surface area contributed by atoms with Crippen LogP contribution in [0.3, 0.4) is 0 Å². The van der Waals surface area contributed by atoms with Gasteiger partial charge in [-0.15, -0.1) is 40.9 Å². The summed E-state index contributed by atoms with van der Waals surface area (Å²) >= 11 is 0. The van der Waals surface area contributed by atoms with Crippen LogP contribution in [0.5, 0.6) is 23.0 Å². The SMILES string of the molecule is [C-]#[N+]c1cnn(-c2ncccn2)c1N=Nc1c(O)c(C(=O)Nc2ccc(C)c(C)c2)cc2ccccc12.[C-]#[N+]c1cnn(-c2ncccn2)c1N=Nc1c(O)c(C(=O)Nc2ccc(C)cc2)cc2ccccc12.[C-]#[N+]c1cnn(-c2ncccn2)c1N=Nc1c(O)c(C(=O)Nc2cccc(C)c2)cc2ccccc12.[C-]#[N+]c1cnn(-c2ncccn2)c1N=Nc1c(O)c(C(=O)Nc2ccccc2)cc2ccccc12. The van der Waals surface area contributed by atoms with E-state index in [1.54, 1.807) is 164 Å². The molecule has 0 aliphatic carbocycles. The first-order valence-corrected chi connectivity index (χ1v) is 43.3. The Labute approximate surface area is 816 Å². The highest BCUT2D eigenvalue weighted by Gasteiger charge is 2.27. The van der Waals surface area contributed by atoms with E-state index in [0.29, 0.717) is 65.8 Å². The summed E-state index contributed by atoms with van der Waals surface area (Å²) in [5.74, 6) is -2.13. The van der Waals surface area contributed by atoms with Gasteiger partial charge in [-0.1, -0.05) is 151 Å². The molecule has 0 unspecified atom stereocenters. The number of nitrogens with zero attached hydrogens (tertiary/aromatic N) is 28. The van der Waals surface area contributed by atoms with Gasteiger partial charge in [0.05, 0.1) is 73.3 Å². The van der Waals surface area contributed by atoms with Crippen molar-refractivity contribution in [1.29, 1.82) is 0 Å². The van der Waals surface area contributed by atoms with Crippen LogP contribution in [0.25, 0.3) is 86.3 Å². The quantitative estimate of drug-likeness (QED) is 0.0259. The molecule has 0 atom stereocenters. The number of anilines is 4. The summed E-state index contributed by atoms with van der Waals surface area (Å²) in [7, 11) is 0. The molecule has 40 nitrogen and oxygen atoms in total. The number of azo groups is 4. The molecule has 0 spiro atoms. The van der Waals surface area contributed by atoms with Gasteiger partial charge in [0.2, 0.25) is 0 Å². The lowest BCUT2D eigenvalue weighted by molar-refractivity contribution is 0.101. The number of aryl methyl sites for hydroxylation is 4. The van der Waals surface area contributed by atoms with Gasteiger partial charge in [-0.2, -0.15) is 39.1 Å². The number of carbonyl (C=O) groups is 4. The number of aromatic hydroxyl groups is 4. The van der Waals surface area contributed by atoms with Crippen molar-refractivity contribution in [2.75, 3.05) is 21.3 Å². The minimum absolute atomic E-state index is 0.0341. The van der Waals surface area contributed by atoms with Crippen molar-refractivity contribution in [2.45, 2.75) is 27.7 Å². The zero-order valence-electron chi connectivity index (χ0n) is 76.0. The first kappa shape index (κ1) is 94.1. The number of nitrogens with one attached hydrogen (secondary N) is 4. The summed E-state index contributed by atoms with van der Waals surface area (Å²) in [5, 5.41) is 111. The maximum absolute atomic E-state index is 13.2. The average Bonchev–Trinajstić information content (AvgIpc) is 0.827. The van der Waals surface area contributed by atoms with Crippen LogP contribution in [0.4, 0.5) is 91.5 Å². The summed E-state index contributed by atoms with van der Waals surface area (Å²) < 4.78 is 5.13. The molecule has 8 heterocycles. The number of amides is 4. The van der Waals surface area contributed by atoms with Gasteiger partial charge in [-0.3, -0.25) is 19.2 Å². The third kappa shape index (κ3) is 20.7. The standard InChI is InChI=1S/C27H20N8O2.2C26H18N8O2.C25H16N8O2/c1-16-9-10-19(13-17(16)2)32-26(37)21-14-18-7-4-5-8-20(18)23(24(21)36)33-34-25-22(28-3)15-31-35(25)27-29-11-6-12-30-27;1-16-7-5-9-18(13-16)31-25(36)20-14-17-8-3-4-10-19(17)22(23(20)35)32-33-24-21(27-2)15-30-34(24)26-28-11-6-12-29-26;1-16-8-10-18(11-9-16)31-25(36)20-14-17-6-3-4-7-19(17)22(23(20)35)32-33-24-21(27-2)15-30-34(24)26-28-12-5-13-29-26;1-26-20-15-29-33(25-27-12-7-13-28-25)23(20)32-31-21-18-11-6-5-8-16(18)14-19(22(21)34)24(35)30-17-9-3-2-4-10-17/h4-15,36H,1-2H3,(H,32,37);2*3-15,35H,1H3,(H,31,36);2-15,34H,(H,30,35). The average molecular weight is 1900 g/mol. The summed E-state index contributed by atoms with van der Waals surface area (Å²) in [6.07, 6.45) is 17.7. The molecule has 8 aromatic heterocycles. The number of aromatic nitrogens is 16. The van der Waals surface area contributed by atoms with E-state index in [0.717, 1.165) is 22.3 Å². The fourth-order valence-electron chi connectivity index (χ4n) is 14.5. The summed E-state index contributed by atoms with van der Waals surface area (Å²) in [4.78, 5) is 99.3. The number of hydrogen-bond donors (Lipinski definition) is 8. The fraction of sp³-hybridized carbons (Fsp3) is 0.0385. The number of fused-ring (bicyclic) bond motifs is 4. The Hall–Kier alpha value is -21.7. The highest BCUT2D eigenvalue weighted by atomic mass is 16.3. The molecule has 0 radical (unpaired) electrons. The molecular weight excluding hydrogens is 1830 g/mol. The number of benzene rings is 12. The van der Waals surface area contributed by atoms with Crippen LogP contribution in [-0.4, -0.2) is 123 Å². The van der Waals surface area contributed by atoms with Crippen LogP contribution in [0, 0.1) is 54.0 Å². The van der Waals surface area contributed by atoms with Gasteiger partial charge in [0.1, 0.15) is 22.7 Å². The molecule has 12 aromatic carbocycles. The van der Waals surface area contributed by atoms with E-state index in [4.69, 9.17) is 26.3 Å². The largest absolute Gasteiger partial charge is 0.505 e. The maximum atomic E-state index is 13.2. The Morgan fingerprint density at radius 1 is 0.271 bits per heavy atom. The summed E-state index contributed by atoms with van der Waals surface area (Å²) in [6, 6.07) is 70.9. The van der Waals surface area contributed by atoms with E-state index in [9.17, 15) is 39.6 Å². The molecule has 40 heteroatoms. The van der Waals surface area contributed by atoms with Crippen molar-refractivity contribution in [3.63, 3.8) is 0 Å². The van der Waals surface area contributed by atoms with Gasteiger partial charge in [0, 0.05) is 93.9 Å². The van der Waals surface area contributed by atoms with E-state index >= 15 is 0 Å². The molecule has 4 amide bonds. The third-order valence-electron chi connectivity index (χ3n) is 21.7. The summed E-state index contributed by atoms with van der Waals surface area (Å²) in [5.41, 5.74) is 7.56. The van der Waals surface area contributed by atoms with Gasteiger partial charge in [-0.25, -0.2) is 59.3 Å². The van der Waals surface area contributed by atoms with Crippen molar-refractivity contribution in [1.82, 2.24) is 79.0 Å². The van der Waals surface area contributed by atoms with Crippen LogP contribution >= 0.6 is 0 Å². The molecule has 20 rings (SSSR count). The smallest absolute Gasteiger partial charge is 0.259 e. The summed E-state index contributed by atoms with van der Waals surface area (Å²) in [6.45, 7) is 37.6. The first-order valence-electron chi connectivity index (χ1n) is 43.3. The number of hydrogen-bond acceptors (Lipinski definition) is 28. The highest BCUT2D eigenvalue weighted by molar-refractivity contribution is 6.15. The van der Waals surface area contributed by atoms with Crippen molar-refractivity contribution in [3.8, 4) is 46.8 Å². The van der Waals surface area contributed by atoms with Crippen LogP contribution in [0.1, 0.15) is 63.7 Å². The minimum Gasteiger partial charge on any atom is -0.505 e. The molecule has 696 valence electrons. The molecule has 0 aliphatic heterocycles. The molecule has 0 aliphatic rings. The molecule has 0 bridgehead atoms. The molecular formula is C104H72N32O8. The van der Waals surface area contributed by atoms with Crippen molar-refractivity contribution < 1.29 is 39.6 Å². The van der Waals surface area contributed by atoms with E-state index in [1.165, 1.54) is 80.7 Å². The van der Waals surface area contributed by atoms with Gasteiger partial charge in [0.25, 0.3) is 70.2 Å². The Morgan fingerprint density at radius 2 is 0.535 bits per heavy atom. The van der Waals surface area contributed by atoms with Crippen LogP contribution < -0.4 is 21.3 Å². The van der Waals surface area contributed by atoms with E-state index < -0.39 is 23.6 Å². The molecule has 8 N–H and O–H groups in total. The number of para-hydroxylation sites is 1. The topological polar surface area (TPSA) is 488 Å². The lowest BCUT2D eigenvalue weighted by Gasteiger charge is -2.12. The molecule has 20 aromatic rings. The number of phenols is 4. The normalized spacial score (nSPS) is 11.0. The monoisotopic (exact) mass is 1900 g/mol. The predicted octanol–water partition coefficient (Wildman–Crippen LogP) is 24.2. The first-order chi connectivity index (χ1) is 70.2. The van der Waals surface area contributed by atoms with E-state index in [-0.39, 0.29) is 138 Å². The van der Waals surface area contributed by atoms with E-state index in [2.05, 4.69) is 142 Å². The minimum atomic E-state index is -0.500. The number of phenolic OH excluding ortho intramolecular Hbond substituents is 4. The third-order valence-corrected chi connectivity index (χ3v) is 21.7. The van der Waals surface area contributed by atoms with Crippen LogP contribution in [-0.2, 0) is 0 Å². The van der Waals surface area contributed by atoms with Gasteiger partial charge >= 0.3 is 0 Å². The zero-order valence-corrected chi connectivity index (χ0v) is 76.0. The maximum Gasteiger partial charge on any atom is 0.259 e. The van der Waals surface area contributed by atoms with Crippen molar-refractivity contribution in [2.24, 2.45) is 40.9 Å². The Morgan fingerprint density at radius 3 is 0.826 bits per heavy atom. The molecule has 0 fully saturated rings. The number of rotatable bonds is 20. The lowest BCUT2D eigenvalue weighted by Crippen LogP contribution is -2.12. The highest BCUT2D eigenvalue weighted by Crippen LogP contribution is 2.47. The Bertz CT molecular complexity index is 8650. The molecule has 0 saturated heterocycles.